The van der Waals surface area contributed by atoms with Gasteiger partial charge in [-0.1, -0.05) is 64.5 Å². The fraction of sp³-hybridized carbons (Fsp3) is 0. The van der Waals surface area contributed by atoms with Gasteiger partial charge in [-0.25, -0.2) is 4.99 Å². The summed E-state index contributed by atoms with van der Waals surface area (Å²) in [7, 11) is 0. The van der Waals surface area contributed by atoms with Gasteiger partial charge in [-0.2, -0.15) is 0 Å². The first-order chi connectivity index (χ1) is 13.2. The second-order valence-electron chi connectivity index (χ2n) is 5.74. The average Bonchev–Trinajstić information content (AvgIpc) is 3.04. The number of carbonyl (C=O) groups is 1. The number of hydrogen-bond donors (Lipinski definition) is 1. The first-order valence-electron chi connectivity index (χ1n) is 8.25. The molecule has 27 heavy (non-hydrogen) atoms. The van der Waals surface area contributed by atoms with E-state index in [4.69, 9.17) is 0 Å². The fourth-order valence-electron chi connectivity index (χ4n) is 2.63. The zero-order chi connectivity index (χ0) is 18.6. The molecule has 0 radical (unpaired) electrons. The van der Waals surface area contributed by atoms with E-state index in [9.17, 15) is 4.79 Å². The van der Waals surface area contributed by atoms with Gasteiger partial charge in [-0.05, 0) is 41.6 Å². The molecule has 0 aliphatic carbocycles. The number of nitrogens with one attached hydrogen (secondary N) is 1. The number of fused-ring (bicyclic) bond motifs is 1. The number of halogens is 1. The van der Waals surface area contributed by atoms with E-state index in [1.54, 1.807) is 12.3 Å². The lowest BCUT2D eigenvalue weighted by Gasteiger charge is -2.03. The third kappa shape index (κ3) is 4.02. The number of thioether (sulfide) groups is 1. The molecule has 1 N–H and O–H groups in total. The molecule has 4 nitrogen and oxygen atoms in total. The number of aliphatic imine (C=N–C) groups is 1. The summed E-state index contributed by atoms with van der Waals surface area (Å²) in [5.74, 6) is -0.147. The van der Waals surface area contributed by atoms with Crippen molar-refractivity contribution in [3.8, 4) is 0 Å². The van der Waals surface area contributed by atoms with E-state index < -0.39 is 0 Å². The number of nitrogens with zero attached hydrogens (tertiary/aromatic N) is 2. The molecule has 2 heterocycles. The topological polar surface area (TPSA) is 54.4 Å². The quantitative estimate of drug-likeness (QED) is 0.556. The van der Waals surface area contributed by atoms with Crippen LogP contribution in [0.15, 0.2) is 87.3 Å². The van der Waals surface area contributed by atoms with Gasteiger partial charge in [0.1, 0.15) is 0 Å². The molecule has 0 spiro atoms. The zero-order valence-electron chi connectivity index (χ0n) is 14.1. The van der Waals surface area contributed by atoms with Crippen LogP contribution >= 0.6 is 27.7 Å². The lowest BCUT2D eigenvalue weighted by molar-refractivity contribution is -0.115. The van der Waals surface area contributed by atoms with E-state index >= 15 is 0 Å². The van der Waals surface area contributed by atoms with Crippen LogP contribution < -0.4 is 5.32 Å². The molecule has 6 heteroatoms. The van der Waals surface area contributed by atoms with Gasteiger partial charge < -0.3 is 5.32 Å². The predicted molar refractivity (Wildman–Crippen MR) is 116 cm³/mol. The molecule has 1 fully saturated rings. The van der Waals surface area contributed by atoms with Crippen molar-refractivity contribution in [3.05, 3.63) is 87.9 Å². The molecule has 0 saturated carbocycles. The molecule has 1 aliphatic rings. The molecule has 1 aromatic heterocycles. The minimum Gasteiger partial charge on any atom is -0.300 e. The Morgan fingerprint density at radius 1 is 1.07 bits per heavy atom. The van der Waals surface area contributed by atoms with Crippen LogP contribution in [0.2, 0.25) is 0 Å². The predicted octanol–water partition coefficient (Wildman–Crippen LogP) is 5.45. The third-order valence-corrected chi connectivity index (χ3v) is 5.52. The van der Waals surface area contributed by atoms with Crippen LogP contribution in [-0.2, 0) is 4.79 Å². The van der Waals surface area contributed by atoms with Crippen molar-refractivity contribution in [2.75, 3.05) is 0 Å². The monoisotopic (exact) mass is 435 g/mol. The summed E-state index contributed by atoms with van der Waals surface area (Å²) >= 11 is 4.85. The molecule has 0 unspecified atom stereocenters. The van der Waals surface area contributed by atoms with Gasteiger partial charge in [0.05, 0.1) is 16.1 Å². The number of aromatic nitrogens is 1. The molecule has 4 rings (SSSR count). The standard InChI is InChI=1S/C21H14BrN3OS/c22-16-11-12-17(19-15(16)9-5-13-23-19)24-21-25-20(26)18(27-21)10-4-8-14-6-2-1-3-7-14/h1-13H,(H,24,25,26)/b8-4-,18-10-. The highest BCUT2D eigenvalue weighted by atomic mass is 79.9. The molecule has 1 saturated heterocycles. The molecular weight excluding hydrogens is 422 g/mol. The van der Waals surface area contributed by atoms with Gasteiger partial charge in [0.25, 0.3) is 5.91 Å². The molecule has 3 aromatic rings. The Bertz CT molecular complexity index is 1110. The van der Waals surface area contributed by atoms with Crippen molar-refractivity contribution in [1.29, 1.82) is 0 Å². The van der Waals surface area contributed by atoms with Gasteiger partial charge in [-0.15, -0.1) is 0 Å². The lowest BCUT2D eigenvalue weighted by Crippen LogP contribution is -2.19. The highest BCUT2D eigenvalue weighted by Gasteiger charge is 2.23. The SMILES string of the molecule is O=C1NC(=Nc2ccc(Br)c3cccnc23)S/C1=C\C=C/c1ccccc1. The maximum Gasteiger partial charge on any atom is 0.264 e. The minimum absolute atomic E-state index is 0.147. The Balaban J connectivity index is 1.58. The van der Waals surface area contributed by atoms with Crippen molar-refractivity contribution >= 4 is 61.4 Å². The van der Waals surface area contributed by atoms with Crippen molar-refractivity contribution in [3.63, 3.8) is 0 Å². The van der Waals surface area contributed by atoms with Gasteiger partial charge in [0, 0.05) is 16.1 Å². The molecule has 0 atom stereocenters. The zero-order valence-corrected chi connectivity index (χ0v) is 16.5. The van der Waals surface area contributed by atoms with Crippen molar-refractivity contribution in [1.82, 2.24) is 10.3 Å². The Kier molecular flexibility index (Phi) is 5.18. The smallest absolute Gasteiger partial charge is 0.264 e. The van der Waals surface area contributed by atoms with Crippen LogP contribution in [0.1, 0.15) is 5.56 Å². The number of amides is 1. The fourth-order valence-corrected chi connectivity index (χ4v) is 3.87. The Hall–Kier alpha value is -2.70. The lowest BCUT2D eigenvalue weighted by atomic mass is 10.2. The first-order valence-corrected chi connectivity index (χ1v) is 9.86. The summed E-state index contributed by atoms with van der Waals surface area (Å²) < 4.78 is 0.962. The second kappa shape index (κ2) is 7.90. The van der Waals surface area contributed by atoms with Gasteiger partial charge in [0.2, 0.25) is 0 Å². The summed E-state index contributed by atoms with van der Waals surface area (Å²) in [5, 5.41) is 4.34. The van der Waals surface area contributed by atoms with E-state index in [0.717, 1.165) is 26.6 Å². The van der Waals surface area contributed by atoms with E-state index in [1.165, 1.54) is 11.8 Å². The van der Waals surface area contributed by atoms with E-state index in [2.05, 4.69) is 31.2 Å². The van der Waals surface area contributed by atoms with Crippen LogP contribution in [0.4, 0.5) is 5.69 Å². The maximum absolute atomic E-state index is 12.2. The van der Waals surface area contributed by atoms with Gasteiger partial charge >= 0.3 is 0 Å². The van der Waals surface area contributed by atoms with Crippen molar-refractivity contribution in [2.45, 2.75) is 0 Å². The Labute approximate surface area is 169 Å². The highest BCUT2D eigenvalue weighted by Crippen LogP contribution is 2.32. The van der Waals surface area contributed by atoms with Crippen LogP contribution in [0, 0.1) is 0 Å². The summed E-state index contributed by atoms with van der Waals surface area (Å²) in [6, 6.07) is 17.6. The molecular formula is C21H14BrN3OS. The first kappa shape index (κ1) is 17.7. The number of rotatable bonds is 3. The van der Waals surface area contributed by atoms with E-state index in [-0.39, 0.29) is 5.91 Å². The largest absolute Gasteiger partial charge is 0.300 e. The normalized spacial score (nSPS) is 17.3. The van der Waals surface area contributed by atoms with Crippen LogP contribution in [0.25, 0.3) is 17.0 Å². The number of amidine groups is 1. The number of benzene rings is 2. The molecule has 1 amide bonds. The Morgan fingerprint density at radius 2 is 1.93 bits per heavy atom. The number of allylic oxidation sites excluding steroid dienone is 2. The third-order valence-electron chi connectivity index (χ3n) is 3.90. The maximum atomic E-state index is 12.2. The highest BCUT2D eigenvalue weighted by molar-refractivity contribution is 9.10. The molecule has 0 bridgehead atoms. The van der Waals surface area contributed by atoms with Gasteiger partial charge in [0.15, 0.2) is 5.17 Å². The van der Waals surface area contributed by atoms with Crippen LogP contribution in [0.5, 0.6) is 0 Å². The average molecular weight is 436 g/mol. The summed E-state index contributed by atoms with van der Waals surface area (Å²) in [6.45, 7) is 0. The van der Waals surface area contributed by atoms with E-state index in [0.29, 0.717) is 10.1 Å². The minimum atomic E-state index is -0.147. The number of carbonyl (C=O) groups excluding carboxylic acids is 1. The molecule has 2 aromatic carbocycles. The van der Waals surface area contributed by atoms with Crippen LogP contribution in [0.3, 0.4) is 0 Å². The summed E-state index contributed by atoms with van der Waals surface area (Å²) in [4.78, 5) is 21.8. The van der Waals surface area contributed by atoms with E-state index in [1.807, 2.05) is 66.7 Å². The second-order valence-corrected chi connectivity index (χ2v) is 7.62. The Morgan fingerprint density at radius 3 is 2.78 bits per heavy atom. The van der Waals surface area contributed by atoms with Crippen molar-refractivity contribution in [2.24, 2.45) is 4.99 Å². The van der Waals surface area contributed by atoms with Crippen molar-refractivity contribution < 1.29 is 4.79 Å². The van der Waals surface area contributed by atoms with Crippen LogP contribution in [-0.4, -0.2) is 16.1 Å². The number of pyridine rings is 1. The molecule has 1 aliphatic heterocycles. The summed E-state index contributed by atoms with van der Waals surface area (Å²) in [5.41, 5.74) is 2.59. The summed E-state index contributed by atoms with van der Waals surface area (Å²) in [6.07, 6.45) is 7.37. The molecule has 132 valence electrons. The van der Waals surface area contributed by atoms with Gasteiger partial charge in [-0.3, -0.25) is 9.78 Å². The number of hydrogen-bond acceptors (Lipinski definition) is 4.